The van der Waals surface area contributed by atoms with Crippen molar-refractivity contribution in [2.45, 2.75) is 58.0 Å². The summed E-state index contributed by atoms with van der Waals surface area (Å²) in [5.41, 5.74) is 0.380. The molecule has 0 spiro atoms. The molecule has 1 amide bonds. The topological polar surface area (TPSA) is 77.2 Å². The van der Waals surface area contributed by atoms with Crippen LogP contribution in [0.15, 0.2) is 46.1 Å². The fraction of sp³-hybridized carbons (Fsp3) is 0.433. The smallest absolute Gasteiger partial charge is 0.276 e. The molecule has 2 aliphatic rings. The van der Waals surface area contributed by atoms with E-state index in [-0.39, 0.29) is 29.6 Å². The third-order valence-electron chi connectivity index (χ3n) is 6.92. The van der Waals surface area contributed by atoms with E-state index >= 15 is 0 Å². The Labute approximate surface area is 230 Å². The van der Waals surface area contributed by atoms with Gasteiger partial charge in [-0.15, -0.1) is 0 Å². The van der Waals surface area contributed by atoms with E-state index in [9.17, 15) is 18.0 Å². The first-order chi connectivity index (χ1) is 19.1. The first kappa shape index (κ1) is 27.7. The quantitative estimate of drug-likeness (QED) is 0.228. The standard InChI is InChI=1S/C30H32F3N3O4/c1-30(2,3)40-34-16-19-4-7-22(23(31)12-19)21-13-24(32)28(25(33)14-21)38-17-18-8-10-36(11-9-18)29(37)26-15-27(39-35-26)20-5-6-20/h4,7,12-16,18,20H,5-6,8-11,17H2,1-3H3/b34-16+. The molecule has 3 aromatic rings. The molecule has 5 rings (SSSR count). The first-order valence-corrected chi connectivity index (χ1v) is 13.5. The maximum absolute atomic E-state index is 14.9. The minimum atomic E-state index is -0.913. The summed E-state index contributed by atoms with van der Waals surface area (Å²) in [6.45, 7) is 6.59. The molecule has 1 saturated heterocycles. The van der Waals surface area contributed by atoms with Crippen LogP contribution >= 0.6 is 0 Å². The lowest BCUT2D eigenvalue weighted by molar-refractivity contribution is 0.00199. The van der Waals surface area contributed by atoms with Crippen molar-refractivity contribution in [2.24, 2.45) is 11.1 Å². The maximum Gasteiger partial charge on any atom is 0.276 e. The lowest BCUT2D eigenvalue weighted by atomic mass is 9.97. The maximum atomic E-state index is 14.9. The fourth-order valence-electron chi connectivity index (χ4n) is 4.56. The van der Waals surface area contributed by atoms with Gasteiger partial charge < -0.3 is 19.0 Å². The number of hydrogen-bond acceptors (Lipinski definition) is 6. The lowest BCUT2D eigenvalue weighted by Gasteiger charge is -2.31. The predicted molar refractivity (Wildman–Crippen MR) is 143 cm³/mol. The van der Waals surface area contributed by atoms with Crippen LogP contribution < -0.4 is 4.74 Å². The molecule has 7 nitrogen and oxygen atoms in total. The number of carbonyl (C=O) groups is 1. The van der Waals surface area contributed by atoms with Crippen molar-refractivity contribution in [3.63, 3.8) is 0 Å². The summed E-state index contributed by atoms with van der Waals surface area (Å²) < 4.78 is 55.3. The first-order valence-electron chi connectivity index (χ1n) is 13.5. The molecule has 0 unspecified atom stereocenters. The van der Waals surface area contributed by atoms with Crippen LogP contribution in [-0.2, 0) is 4.84 Å². The Morgan fingerprint density at radius 1 is 1.05 bits per heavy atom. The van der Waals surface area contributed by atoms with E-state index in [0.29, 0.717) is 43.1 Å². The molecule has 1 aliphatic heterocycles. The molecule has 1 aliphatic carbocycles. The molecular weight excluding hydrogens is 523 g/mol. The molecule has 0 atom stereocenters. The summed E-state index contributed by atoms with van der Waals surface area (Å²) in [5.74, 6) is -1.98. The minimum absolute atomic E-state index is 0.0239. The zero-order chi connectivity index (χ0) is 28.4. The van der Waals surface area contributed by atoms with Gasteiger partial charge in [0, 0.05) is 30.6 Å². The normalized spacial score (nSPS) is 16.5. The molecule has 0 bridgehead atoms. The third-order valence-corrected chi connectivity index (χ3v) is 6.92. The van der Waals surface area contributed by atoms with Crippen molar-refractivity contribution >= 4 is 12.1 Å². The molecule has 2 fully saturated rings. The van der Waals surface area contributed by atoms with Crippen LogP contribution in [0.25, 0.3) is 11.1 Å². The number of benzene rings is 2. The van der Waals surface area contributed by atoms with E-state index in [1.54, 1.807) is 17.0 Å². The molecule has 0 radical (unpaired) electrons. The summed E-state index contributed by atoms with van der Waals surface area (Å²) in [6.07, 6.45) is 4.75. The highest BCUT2D eigenvalue weighted by atomic mass is 19.1. The Morgan fingerprint density at radius 2 is 1.75 bits per heavy atom. The van der Waals surface area contributed by atoms with Crippen LogP contribution in [0, 0.1) is 23.4 Å². The Balaban J connectivity index is 1.16. The van der Waals surface area contributed by atoms with Gasteiger partial charge >= 0.3 is 0 Å². The second kappa shape index (κ2) is 11.3. The monoisotopic (exact) mass is 555 g/mol. The summed E-state index contributed by atoms with van der Waals surface area (Å²) >= 11 is 0. The SMILES string of the molecule is CC(C)(C)O/N=C/c1ccc(-c2cc(F)c(OCC3CCN(C(=O)c4cc(C5CC5)on4)CC3)c(F)c2)c(F)c1. The summed E-state index contributed by atoms with van der Waals surface area (Å²) in [6, 6.07) is 8.08. The van der Waals surface area contributed by atoms with E-state index in [4.69, 9.17) is 14.1 Å². The highest BCUT2D eigenvalue weighted by molar-refractivity contribution is 5.92. The van der Waals surface area contributed by atoms with Crippen molar-refractivity contribution in [1.82, 2.24) is 10.1 Å². The summed E-state index contributed by atoms with van der Waals surface area (Å²) in [7, 11) is 0. The van der Waals surface area contributed by atoms with E-state index in [2.05, 4.69) is 10.3 Å². The van der Waals surface area contributed by atoms with Gasteiger partial charge in [-0.2, -0.15) is 0 Å². The zero-order valence-corrected chi connectivity index (χ0v) is 22.8. The molecule has 2 heterocycles. The number of amides is 1. The number of rotatable bonds is 8. The van der Waals surface area contributed by atoms with Gasteiger partial charge in [0.2, 0.25) is 0 Å². The second-order valence-electron chi connectivity index (χ2n) is 11.4. The number of carbonyl (C=O) groups excluding carboxylic acids is 1. The lowest BCUT2D eigenvalue weighted by Crippen LogP contribution is -2.39. The predicted octanol–water partition coefficient (Wildman–Crippen LogP) is 6.72. The zero-order valence-electron chi connectivity index (χ0n) is 22.8. The summed E-state index contributed by atoms with van der Waals surface area (Å²) in [4.78, 5) is 19.7. The average Bonchev–Trinajstić information content (AvgIpc) is 3.63. The number of likely N-dealkylation sites (tertiary alicyclic amines) is 1. The van der Waals surface area contributed by atoms with Crippen LogP contribution in [0.4, 0.5) is 13.2 Å². The summed E-state index contributed by atoms with van der Waals surface area (Å²) in [5, 5.41) is 7.75. The van der Waals surface area contributed by atoms with E-state index < -0.39 is 28.8 Å². The van der Waals surface area contributed by atoms with Crippen LogP contribution in [-0.4, -0.2) is 47.5 Å². The van der Waals surface area contributed by atoms with Gasteiger partial charge in [-0.05, 0) is 81.7 Å². The van der Waals surface area contributed by atoms with Crippen molar-refractivity contribution in [3.8, 4) is 16.9 Å². The second-order valence-corrected chi connectivity index (χ2v) is 11.4. The number of hydrogen-bond donors (Lipinski definition) is 0. The largest absolute Gasteiger partial charge is 0.487 e. The molecule has 40 heavy (non-hydrogen) atoms. The molecule has 212 valence electrons. The van der Waals surface area contributed by atoms with E-state index in [0.717, 1.165) is 30.7 Å². The van der Waals surface area contributed by atoms with Crippen molar-refractivity contribution < 1.29 is 32.1 Å². The number of aromatic nitrogens is 1. The Morgan fingerprint density at radius 3 is 2.38 bits per heavy atom. The number of ether oxygens (including phenoxy) is 1. The average molecular weight is 556 g/mol. The molecular formula is C30H32F3N3O4. The van der Waals surface area contributed by atoms with Crippen LogP contribution in [0.5, 0.6) is 5.75 Å². The third kappa shape index (κ3) is 6.66. The van der Waals surface area contributed by atoms with Gasteiger partial charge in [-0.25, -0.2) is 13.2 Å². The van der Waals surface area contributed by atoms with Gasteiger partial charge in [0.05, 0.1) is 12.8 Å². The van der Waals surface area contributed by atoms with Crippen LogP contribution in [0.2, 0.25) is 0 Å². The van der Waals surface area contributed by atoms with Gasteiger partial charge in [0.25, 0.3) is 5.91 Å². The van der Waals surface area contributed by atoms with Crippen LogP contribution in [0.1, 0.15) is 74.2 Å². The van der Waals surface area contributed by atoms with Crippen molar-refractivity contribution in [1.29, 1.82) is 0 Å². The highest BCUT2D eigenvalue weighted by Gasteiger charge is 2.31. The highest BCUT2D eigenvalue weighted by Crippen LogP contribution is 2.40. The van der Waals surface area contributed by atoms with E-state index in [1.807, 2.05) is 20.8 Å². The van der Waals surface area contributed by atoms with Crippen molar-refractivity contribution in [3.05, 3.63) is 70.9 Å². The van der Waals surface area contributed by atoms with Gasteiger partial charge in [0.1, 0.15) is 17.2 Å². The number of nitrogens with zero attached hydrogens (tertiary/aromatic N) is 3. The van der Waals surface area contributed by atoms with Gasteiger partial charge in [-0.1, -0.05) is 22.4 Å². The van der Waals surface area contributed by atoms with E-state index in [1.165, 1.54) is 18.3 Å². The number of piperidine rings is 1. The minimum Gasteiger partial charge on any atom is -0.487 e. The molecule has 0 N–H and O–H groups in total. The van der Waals surface area contributed by atoms with Crippen LogP contribution in [0.3, 0.4) is 0 Å². The number of halogens is 3. The van der Waals surface area contributed by atoms with Crippen molar-refractivity contribution in [2.75, 3.05) is 19.7 Å². The molecule has 1 aromatic heterocycles. The Hall–Kier alpha value is -3.82. The Bertz CT molecular complexity index is 1380. The Kier molecular flexibility index (Phi) is 7.87. The number of oxime groups is 1. The van der Waals surface area contributed by atoms with Gasteiger partial charge in [0.15, 0.2) is 23.1 Å². The molecule has 1 saturated carbocycles. The van der Waals surface area contributed by atoms with Gasteiger partial charge in [-0.3, -0.25) is 4.79 Å². The molecule has 10 heteroatoms. The fourth-order valence-corrected chi connectivity index (χ4v) is 4.56. The molecule has 2 aromatic carbocycles.